The third-order valence-electron chi connectivity index (χ3n) is 5.81. The summed E-state index contributed by atoms with van der Waals surface area (Å²) in [4.78, 5) is 25.1. The Labute approximate surface area is 187 Å². The minimum atomic E-state index is -3.58. The van der Waals surface area contributed by atoms with E-state index in [1.807, 2.05) is 0 Å². The summed E-state index contributed by atoms with van der Waals surface area (Å²) in [6.07, 6.45) is 2.02. The molecule has 1 aliphatic rings. The van der Waals surface area contributed by atoms with Gasteiger partial charge in [0.15, 0.2) is 6.61 Å². The van der Waals surface area contributed by atoms with Crippen LogP contribution >= 0.6 is 0 Å². The van der Waals surface area contributed by atoms with Crippen LogP contribution in [-0.2, 0) is 29.8 Å². The fourth-order valence-corrected chi connectivity index (χ4v) is 5.26. The zero-order chi connectivity index (χ0) is 23.4. The van der Waals surface area contributed by atoms with Crippen molar-refractivity contribution in [2.75, 3.05) is 25.0 Å². The summed E-state index contributed by atoms with van der Waals surface area (Å²) in [5, 5.41) is 2.59. The van der Waals surface area contributed by atoms with E-state index >= 15 is 0 Å². The summed E-state index contributed by atoms with van der Waals surface area (Å²) in [6, 6.07) is 11.6. The Bertz CT molecular complexity index is 1060. The maximum Gasteiger partial charge on any atom is 0.317 e. The lowest BCUT2D eigenvalue weighted by Gasteiger charge is -2.39. The number of benzene rings is 2. The highest BCUT2D eigenvalue weighted by Crippen LogP contribution is 2.44. The Morgan fingerprint density at radius 2 is 1.62 bits per heavy atom. The van der Waals surface area contributed by atoms with E-state index in [4.69, 9.17) is 4.74 Å². The Balaban J connectivity index is 1.59. The van der Waals surface area contributed by atoms with Crippen molar-refractivity contribution >= 4 is 27.6 Å². The van der Waals surface area contributed by atoms with Crippen LogP contribution in [0.25, 0.3) is 0 Å². The molecule has 1 saturated carbocycles. The van der Waals surface area contributed by atoms with Crippen molar-refractivity contribution in [2.45, 2.75) is 43.4 Å². The van der Waals surface area contributed by atoms with Crippen molar-refractivity contribution in [1.82, 2.24) is 4.31 Å². The summed E-state index contributed by atoms with van der Waals surface area (Å²) in [5.74, 6) is -1.43. The quantitative estimate of drug-likeness (QED) is 0.576. The van der Waals surface area contributed by atoms with Gasteiger partial charge in [-0.1, -0.05) is 32.4 Å². The number of hydrogen-bond donors (Lipinski definition) is 1. The molecule has 1 aliphatic carbocycles. The molecule has 0 atom stereocenters. The number of nitrogens with one attached hydrogen (secondary N) is 1. The van der Waals surface area contributed by atoms with Crippen LogP contribution in [-0.4, -0.2) is 44.3 Å². The minimum Gasteiger partial charge on any atom is -0.455 e. The SMILES string of the molecule is CCN(CC)S(=O)(=O)c1ccc(NC(=O)COC(=O)C2(c3ccc(F)cc3)CCC2)cc1. The van der Waals surface area contributed by atoms with Gasteiger partial charge in [-0.25, -0.2) is 12.8 Å². The molecule has 172 valence electrons. The van der Waals surface area contributed by atoms with E-state index in [-0.39, 0.29) is 10.7 Å². The summed E-state index contributed by atoms with van der Waals surface area (Å²) in [5.41, 5.74) is 0.232. The minimum absolute atomic E-state index is 0.136. The van der Waals surface area contributed by atoms with Crippen LogP contribution in [0.1, 0.15) is 38.7 Å². The number of sulfonamides is 1. The van der Waals surface area contributed by atoms with E-state index in [0.29, 0.717) is 37.2 Å². The molecule has 0 radical (unpaired) electrons. The molecule has 0 heterocycles. The largest absolute Gasteiger partial charge is 0.455 e. The second-order valence-electron chi connectivity index (χ2n) is 7.68. The van der Waals surface area contributed by atoms with Crippen LogP contribution < -0.4 is 5.32 Å². The topological polar surface area (TPSA) is 92.8 Å². The van der Waals surface area contributed by atoms with Crippen molar-refractivity contribution in [1.29, 1.82) is 0 Å². The van der Waals surface area contributed by atoms with E-state index in [9.17, 15) is 22.4 Å². The first-order chi connectivity index (χ1) is 15.2. The van der Waals surface area contributed by atoms with E-state index in [1.54, 1.807) is 26.0 Å². The van der Waals surface area contributed by atoms with Crippen molar-refractivity contribution in [3.05, 3.63) is 59.9 Å². The molecule has 0 aromatic heterocycles. The highest BCUT2D eigenvalue weighted by Gasteiger charge is 2.47. The molecule has 0 aliphatic heterocycles. The molecular weight excluding hydrogens is 435 g/mol. The Kier molecular flexibility index (Phi) is 7.30. The highest BCUT2D eigenvalue weighted by atomic mass is 32.2. The molecule has 0 saturated heterocycles. The molecule has 0 spiro atoms. The van der Waals surface area contributed by atoms with E-state index in [2.05, 4.69) is 5.32 Å². The maximum absolute atomic E-state index is 13.2. The molecule has 3 rings (SSSR count). The number of halogens is 1. The summed E-state index contributed by atoms with van der Waals surface area (Å²) in [6.45, 7) is 3.78. The number of hydrogen-bond acceptors (Lipinski definition) is 5. The van der Waals surface area contributed by atoms with Gasteiger partial charge in [0.2, 0.25) is 10.0 Å². The molecule has 1 amide bonds. The van der Waals surface area contributed by atoms with E-state index < -0.39 is 33.9 Å². The molecular formula is C23H27FN2O5S. The first-order valence-electron chi connectivity index (χ1n) is 10.6. The van der Waals surface area contributed by atoms with Crippen molar-refractivity contribution < 1.29 is 27.1 Å². The summed E-state index contributed by atoms with van der Waals surface area (Å²) < 4.78 is 44.9. The molecule has 32 heavy (non-hydrogen) atoms. The molecule has 1 N–H and O–H groups in total. The van der Waals surface area contributed by atoms with Crippen LogP contribution in [0.15, 0.2) is 53.4 Å². The molecule has 7 nitrogen and oxygen atoms in total. The zero-order valence-corrected chi connectivity index (χ0v) is 19.0. The number of carbonyl (C=O) groups is 2. The molecule has 1 fully saturated rings. The van der Waals surface area contributed by atoms with Gasteiger partial charge in [0.1, 0.15) is 5.82 Å². The van der Waals surface area contributed by atoms with Crippen molar-refractivity contribution in [2.24, 2.45) is 0 Å². The lowest BCUT2D eigenvalue weighted by Crippen LogP contribution is -2.44. The predicted molar refractivity (Wildman–Crippen MR) is 118 cm³/mol. The average molecular weight is 463 g/mol. The number of anilines is 1. The molecule has 9 heteroatoms. The molecule has 0 unspecified atom stereocenters. The van der Waals surface area contributed by atoms with Crippen LogP contribution in [0, 0.1) is 5.82 Å². The lowest BCUT2D eigenvalue weighted by molar-refractivity contribution is -0.156. The van der Waals surface area contributed by atoms with Gasteiger partial charge in [0.25, 0.3) is 5.91 Å². The second-order valence-corrected chi connectivity index (χ2v) is 9.62. The molecule has 2 aromatic carbocycles. The van der Waals surface area contributed by atoms with Gasteiger partial charge in [-0.05, 0) is 54.8 Å². The zero-order valence-electron chi connectivity index (χ0n) is 18.1. The van der Waals surface area contributed by atoms with Crippen LogP contribution in [0.4, 0.5) is 10.1 Å². The maximum atomic E-state index is 13.2. The number of ether oxygens (including phenoxy) is 1. The van der Waals surface area contributed by atoms with Gasteiger partial charge < -0.3 is 10.1 Å². The average Bonchev–Trinajstić information content (AvgIpc) is 2.74. The van der Waals surface area contributed by atoms with Crippen molar-refractivity contribution in [3.63, 3.8) is 0 Å². The smallest absolute Gasteiger partial charge is 0.317 e. The second kappa shape index (κ2) is 9.79. The number of rotatable bonds is 9. The Morgan fingerprint density at radius 1 is 1.03 bits per heavy atom. The number of amides is 1. The van der Waals surface area contributed by atoms with Gasteiger partial charge in [-0.2, -0.15) is 4.31 Å². The standard InChI is InChI=1S/C23H27FN2O5S/c1-3-26(4-2)32(29,30)20-12-10-19(11-13-20)25-21(27)16-31-22(28)23(14-5-15-23)17-6-8-18(24)9-7-17/h6-13H,3-5,14-16H2,1-2H3,(H,25,27). The Morgan fingerprint density at radius 3 is 2.12 bits per heavy atom. The first kappa shape index (κ1) is 23.9. The fourth-order valence-electron chi connectivity index (χ4n) is 3.80. The third-order valence-corrected chi connectivity index (χ3v) is 7.87. The Hall–Kier alpha value is -2.78. The van der Waals surface area contributed by atoms with Crippen LogP contribution in [0.5, 0.6) is 0 Å². The first-order valence-corrected chi connectivity index (χ1v) is 12.0. The van der Waals surface area contributed by atoms with Gasteiger partial charge in [0, 0.05) is 18.8 Å². The fraction of sp³-hybridized carbons (Fsp3) is 0.391. The van der Waals surface area contributed by atoms with E-state index in [1.165, 1.54) is 40.7 Å². The lowest BCUT2D eigenvalue weighted by atomic mass is 9.64. The van der Waals surface area contributed by atoms with Gasteiger partial charge in [-0.3, -0.25) is 9.59 Å². The normalized spacial score (nSPS) is 15.1. The molecule has 0 bridgehead atoms. The van der Waals surface area contributed by atoms with Crippen LogP contribution in [0.3, 0.4) is 0 Å². The monoisotopic (exact) mass is 462 g/mol. The molecule has 2 aromatic rings. The van der Waals surface area contributed by atoms with Crippen molar-refractivity contribution in [3.8, 4) is 0 Å². The number of esters is 1. The van der Waals surface area contributed by atoms with E-state index in [0.717, 1.165) is 6.42 Å². The van der Waals surface area contributed by atoms with Crippen LogP contribution in [0.2, 0.25) is 0 Å². The van der Waals surface area contributed by atoms with Gasteiger partial charge >= 0.3 is 5.97 Å². The third kappa shape index (κ3) is 4.83. The highest BCUT2D eigenvalue weighted by molar-refractivity contribution is 7.89. The predicted octanol–water partition coefficient (Wildman–Crippen LogP) is 3.46. The number of nitrogens with zero attached hydrogens (tertiary/aromatic N) is 1. The summed E-state index contributed by atoms with van der Waals surface area (Å²) >= 11 is 0. The van der Waals surface area contributed by atoms with Gasteiger partial charge in [0.05, 0.1) is 10.3 Å². The van der Waals surface area contributed by atoms with Gasteiger partial charge in [-0.15, -0.1) is 0 Å². The number of carbonyl (C=O) groups excluding carboxylic acids is 2. The summed E-state index contributed by atoms with van der Waals surface area (Å²) in [7, 11) is -3.58.